The molecule has 0 atom stereocenters. The van der Waals surface area contributed by atoms with Gasteiger partial charge in [-0.1, -0.05) is 45.4 Å². The number of carboxylic acid groups (broad SMARTS) is 1. The van der Waals surface area contributed by atoms with E-state index in [0.717, 1.165) is 12.8 Å². The van der Waals surface area contributed by atoms with E-state index in [2.05, 4.69) is 6.92 Å². The van der Waals surface area contributed by atoms with E-state index in [1.165, 1.54) is 38.2 Å². The molecule has 1 aromatic rings. The molecule has 1 aromatic carbocycles. The van der Waals surface area contributed by atoms with E-state index in [1.54, 1.807) is 0 Å². The molecule has 0 amide bonds. The van der Waals surface area contributed by atoms with Crippen molar-refractivity contribution in [3.8, 4) is 17.2 Å². The summed E-state index contributed by atoms with van der Waals surface area (Å²) in [7, 11) is 0. The highest BCUT2D eigenvalue weighted by molar-refractivity contribution is 5.97. The Kier molecular flexibility index (Phi) is 4.88. The molecule has 0 radical (unpaired) electrons. The second kappa shape index (κ2) is 6.64. The monoisotopic (exact) mass is 278 g/mol. The molecule has 4 nitrogen and oxygen atoms in total. The Balaban J connectivity index is 1.84. The zero-order valence-corrected chi connectivity index (χ0v) is 11.9. The third-order valence-electron chi connectivity index (χ3n) is 3.74. The fourth-order valence-electron chi connectivity index (χ4n) is 2.57. The van der Waals surface area contributed by atoms with Crippen molar-refractivity contribution >= 4 is 5.97 Å². The van der Waals surface area contributed by atoms with Crippen molar-refractivity contribution in [3.63, 3.8) is 0 Å². The van der Waals surface area contributed by atoms with Gasteiger partial charge in [0.15, 0.2) is 11.5 Å². The highest BCUT2D eigenvalue weighted by atomic mass is 16.6. The van der Waals surface area contributed by atoms with Crippen LogP contribution >= 0.6 is 0 Å². The SMILES string of the molecule is CCCCCCCCCc1c(O)cc2c(c1C(=O)O)O2. The van der Waals surface area contributed by atoms with Gasteiger partial charge in [-0.3, -0.25) is 0 Å². The van der Waals surface area contributed by atoms with Gasteiger partial charge in [0.2, 0.25) is 0 Å². The van der Waals surface area contributed by atoms with Gasteiger partial charge >= 0.3 is 5.97 Å². The molecule has 0 unspecified atom stereocenters. The molecular formula is C16H22O4. The van der Waals surface area contributed by atoms with E-state index >= 15 is 0 Å². The minimum absolute atomic E-state index is 0.0460. The number of carbonyl (C=O) groups is 1. The quantitative estimate of drug-likeness (QED) is 0.523. The fraction of sp³-hybridized carbons (Fsp3) is 0.562. The smallest absolute Gasteiger partial charge is 0.340 e. The third-order valence-corrected chi connectivity index (χ3v) is 3.74. The normalized spacial score (nSPS) is 11.8. The first-order chi connectivity index (χ1) is 9.65. The Labute approximate surface area is 119 Å². The molecule has 0 saturated heterocycles. The number of rotatable bonds is 9. The standard InChI is InChI=1S/C16H22O4/c1-2-3-4-5-6-7-8-9-11-12(17)10-13-15(20-13)14(11)16(18)19/h10,17H,2-9H2,1H3,(H,18,19). The second-order valence-corrected chi connectivity index (χ2v) is 5.36. The number of aromatic carboxylic acids is 1. The molecule has 0 aromatic heterocycles. The van der Waals surface area contributed by atoms with Gasteiger partial charge in [0.25, 0.3) is 0 Å². The number of aromatic hydroxyl groups is 1. The summed E-state index contributed by atoms with van der Waals surface area (Å²) in [6.07, 6.45) is 8.77. The average molecular weight is 278 g/mol. The highest BCUT2D eigenvalue weighted by Crippen LogP contribution is 2.52. The predicted molar refractivity (Wildman–Crippen MR) is 76.8 cm³/mol. The van der Waals surface area contributed by atoms with Crippen LogP contribution in [0.1, 0.15) is 67.8 Å². The number of ether oxygens (including phenoxy) is 1. The average Bonchev–Trinajstić information content (AvgIpc) is 3.15. The van der Waals surface area contributed by atoms with Gasteiger partial charge in [-0.05, 0) is 12.8 Å². The first-order valence-electron chi connectivity index (χ1n) is 7.45. The summed E-state index contributed by atoms with van der Waals surface area (Å²) in [4.78, 5) is 11.2. The topological polar surface area (TPSA) is 70.1 Å². The molecule has 0 fully saturated rings. The van der Waals surface area contributed by atoms with Crippen LogP contribution in [-0.4, -0.2) is 16.2 Å². The molecule has 1 aliphatic heterocycles. The van der Waals surface area contributed by atoms with Crippen molar-refractivity contribution in [1.29, 1.82) is 0 Å². The van der Waals surface area contributed by atoms with Crippen LogP contribution in [0.25, 0.3) is 0 Å². The molecule has 0 saturated carbocycles. The van der Waals surface area contributed by atoms with Crippen LogP contribution in [0, 0.1) is 0 Å². The van der Waals surface area contributed by atoms with Crippen molar-refractivity contribution in [1.82, 2.24) is 0 Å². The number of phenols is 1. The number of fused-ring (bicyclic) bond motifs is 1. The molecule has 0 spiro atoms. The summed E-state index contributed by atoms with van der Waals surface area (Å²) in [6, 6.07) is 1.51. The molecule has 2 N–H and O–H groups in total. The lowest BCUT2D eigenvalue weighted by Crippen LogP contribution is -2.01. The molecule has 0 aliphatic carbocycles. The summed E-state index contributed by atoms with van der Waals surface area (Å²) in [5.41, 5.74) is 0.660. The number of carboxylic acids is 1. The van der Waals surface area contributed by atoms with Gasteiger partial charge in [0, 0.05) is 11.6 Å². The van der Waals surface area contributed by atoms with Gasteiger partial charge in [-0.2, -0.15) is 0 Å². The lowest BCUT2D eigenvalue weighted by atomic mass is 9.99. The summed E-state index contributed by atoms with van der Waals surface area (Å²) in [6.45, 7) is 2.20. The maximum absolute atomic E-state index is 11.2. The molecule has 110 valence electrons. The Morgan fingerprint density at radius 2 is 1.80 bits per heavy atom. The van der Waals surface area contributed by atoms with Crippen molar-refractivity contribution in [2.24, 2.45) is 0 Å². The maximum Gasteiger partial charge on any atom is 0.340 e. The molecule has 2 rings (SSSR count). The molecule has 1 heterocycles. The van der Waals surface area contributed by atoms with Crippen LogP contribution in [0.3, 0.4) is 0 Å². The Hall–Kier alpha value is -1.71. The largest absolute Gasteiger partial charge is 0.507 e. The zero-order chi connectivity index (χ0) is 14.5. The Morgan fingerprint density at radius 1 is 1.15 bits per heavy atom. The summed E-state index contributed by atoms with van der Waals surface area (Å²) in [5.74, 6) is -0.0614. The number of hydrogen-bond donors (Lipinski definition) is 2. The van der Waals surface area contributed by atoms with Gasteiger partial charge in [0.1, 0.15) is 11.3 Å². The molecule has 20 heavy (non-hydrogen) atoms. The van der Waals surface area contributed by atoms with Crippen LogP contribution in [0.15, 0.2) is 6.07 Å². The van der Waals surface area contributed by atoms with Crippen LogP contribution in [0.5, 0.6) is 17.2 Å². The van der Waals surface area contributed by atoms with Crippen molar-refractivity contribution in [3.05, 3.63) is 17.2 Å². The minimum atomic E-state index is -1.02. The third kappa shape index (κ3) is 3.44. The zero-order valence-electron chi connectivity index (χ0n) is 11.9. The maximum atomic E-state index is 11.2. The van der Waals surface area contributed by atoms with Crippen molar-refractivity contribution in [2.45, 2.75) is 58.3 Å². The molecule has 0 bridgehead atoms. The fourth-order valence-corrected chi connectivity index (χ4v) is 2.57. The van der Waals surface area contributed by atoms with Crippen molar-refractivity contribution < 1.29 is 19.7 Å². The van der Waals surface area contributed by atoms with E-state index in [1.807, 2.05) is 0 Å². The number of unbranched alkanes of at least 4 members (excludes halogenated alkanes) is 6. The van der Waals surface area contributed by atoms with E-state index in [9.17, 15) is 15.0 Å². The number of hydrogen-bond acceptors (Lipinski definition) is 3. The summed E-state index contributed by atoms with van der Waals surface area (Å²) < 4.78 is 5.08. The van der Waals surface area contributed by atoms with E-state index in [0.29, 0.717) is 23.5 Å². The van der Waals surface area contributed by atoms with Gasteiger partial charge in [0.05, 0.1) is 0 Å². The number of phenolic OH excluding ortho intramolecular Hbond substituents is 1. The van der Waals surface area contributed by atoms with Crippen LogP contribution in [0.4, 0.5) is 0 Å². The molecule has 1 aliphatic rings. The van der Waals surface area contributed by atoms with Gasteiger partial charge in [-0.25, -0.2) is 4.79 Å². The van der Waals surface area contributed by atoms with Crippen LogP contribution in [0.2, 0.25) is 0 Å². The van der Waals surface area contributed by atoms with Gasteiger partial charge in [-0.15, -0.1) is 0 Å². The number of benzene rings is 1. The van der Waals surface area contributed by atoms with E-state index < -0.39 is 5.97 Å². The van der Waals surface area contributed by atoms with Crippen molar-refractivity contribution in [2.75, 3.05) is 0 Å². The van der Waals surface area contributed by atoms with E-state index in [-0.39, 0.29) is 11.3 Å². The summed E-state index contributed by atoms with van der Waals surface area (Å²) in [5, 5.41) is 19.1. The Morgan fingerprint density at radius 3 is 2.45 bits per heavy atom. The highest BCUT2D eigenvalue weighted by Gasteiger charge is 2.33. The molecule has 4 heteroatoms. The Bertz CT molecular complexity index is 494. The lowest BCUT2D eigenvalue weighted by molar-refractivity contribution is 0.0695. The predicted octanol–water partition coefficient (Wildman–Crippen LogP) is 4.49. The summed E-state index contributed by atoms with van der Waals surface area (Å²) >= 11 is 0. The van der Waals surface area contributed by atoms with Gasteiger partial charge < -0.3 is 14.9 Å². The van der Waals surface area contributed by atoms with E-state index in [4.69, 9.17) is 4.74 Å². The van der Waals surface area contributed by atoms with Crippen LogP contribution in [-0.2, 0) is 6.42 Å². The second-order valence-electron chi connectivity index (χ2n) is 5.36. The molecular weight excluding hydrogens is 256 g/mol. The first-order valence-corrected chi connectivity index (χ1v) is 7.45. The lowest BCUT2D eigenvalue weighted by Gasteiger charge is -2.06. The minimum Gasteiger partial charge on any atom is -0.507 e. The first kappa shape index (κ1) is 14.7. The van der Waals surface area contributed by atoms with Crippen LogP contribution < -0.4 is 4.74 Å².